The molecule has 0 unspecified atom stereocenters. The lowest BCUT2D eigenvalue weighted by Crippen LogP contribution is -2.19. The molecule has 0 heterocycles. The van der Waals surface area contributed by atoms with Gasteiger partial charge in [-0.05, 0) is 60.4 Å². The van der Waals surface area contributed by atoms with E-state index in [1.807, 2.05) is 48.5 Å². The van der Waals surface area contributed by atoms with Crippen LogP contribution in [0.5, 0.6) is 5.75 Å². The number of carbonyl (C=O) groups excluding carboxylic acids is 2. The predicted molar refractivity (Wildman–Crippen MR) is 174 cm³/mol. The van der Waals surface area contributed by atoms with Crippen LogP contribution in [0.25, 0.3) is 0 Å². The van der Waals surface area contributed by atoms with Crippen LogP contribution in [-0.4, -0.2) is 11.8 Å². The molecule has 0 aliphatic heterocycles. The van der Waals surface area contributed by atoms with E-state index in [4.69, 9.17) is 4.74 Å². The Balaban J connectivity index is 1.23. The summed E-state index contributed by atoms with van der Waals surface area (Å²) in [5.41, 5.74) is 8.31. The molecule has 5 rings (SSSR count). The van der Waals surface area contributed by atoms with Crippen LogP contribution in [-0.2, 0) is 10.8 Å². The summed E-state index contributed by atoms with van der Waals surface area (Å²) >= 11 is 0. The van der Waals surface area contributed by atoms with Crippen molar-refractivity contribution in [3.8, 4) is 5.75 Å². The van der Waals surface area contributed by atoms with E-state index in [9.17, 15) is 9.59 Å². The third kappa shape index (κ3) is 6.36. The predicted octanol–water partition coefficient (Wildman–Crippen LogP) is 9.41. The van der Waals surface area contributed by atoms with Crippen molar-refractivity contribution < 1.29 is 14.3 Å². The van der Waals surface area contributed by atoms with Gasteiger partial charge in [0.2, 0.25) is 0 Å². The highest BCUT2D eigenvalue weighted by Crippen LogP contribution is 2.33. The van der Waals surface area contributed by atoms with Gasteiger partial charge >= 0.3 is 5.97 Å². The molecule has 3 nitrogen and oxygen atoms in total. The van der Waals surface area contributed by atoms with Crippen LogP contribution in [0, 0.1) is 13.8 Å². The highest BCUT2D eigenvalue weighted by atomic mass is 16.5. The van der Waals surface area contributed by atoms with Crippen molar-refractivity contribution in [2.24, 2.45) is 0 Å². The first-order valence-corrected chi connectivity index (χ1v) is 14.7. The number of carbonyl (C=O) groups is 2. The van der Waals surface area contributed by atoms with Gasteiger partial charge in [0.05, 0.1) is 5.56 Å². The summed E-state index contributed by atoms with van der Waals surface area (Å²) in [4.78, 5) is 26.1. The molecule has 216 valence electrons. The average molecular weight is 567 g/mol. The molecule has 43 heavy (non-hydrogen) atoms. The van der Waals surface area contributed by atoms with Gasteiger partial charge in [-0.2, -0.15) is 0 Å². The zero-order chi connectivity index (χ0) is 30.8. The minimum absolute atomic E-state index is 0.0913. The lowest BCUT2D eigenvalue weighted by molar-refractivity contribution is 0.0734. The van der Waals surface area contributed by atoms with Gasteiger partial charge in [0.1, 0.15) is 5.75 Å². The highest BCUT2D eigenvalue weighted by Gasteiger charge is 2.24. The van der Waals surface area contributed by atoms with Crippen LogP contribution in [0.2, 0.25) is 0 Å². The molecule has 3 heteroatoms. The average Bonchev–Trinajstić information content (AvgIpc) is 3.01. The van der Waals surface area contributed by atoms with E-state index < -0.39 is 5.97 Å². The van der Waals surface area contributed by atoms with Crippen LogP contribution in [0.3, 0.4) is 0 Å². The van der Waals surface area contributed by atoms with Crippen molar-refractivity contribution in [2.45, 2.75) is 52.4 Å². The van der Waals surface area contributed by atoms with Crippen LogP contribution in [0.15, 0.2) is 121 Å². The minimum Gasteiger partial charge on any atom is -0.423 e. The Labute approximate surface area is 255 Å². The Morgan fingerprint density at radius 2 is 0.744 bits per heavy atom. The number of hydrogen-bond donors (Lipinski definition) is 0. The van der Waals surface area contributed by atoms with Crippen molar-refractivity contribution in [3.05, 3.63) is 171 Å². The number of hydrogen-bond acceptors (Lipinski definition) is 3. The molecule has 5 aromatic rings. The van der Waals surface area contributed by atoms with Gasteiger partial charge < -0.3 is 4.74 Å². The maximum absolute atomic E-state index is 13.2. The molecule has 0 fully saturated rings. The van der Waals surface area contributed by atoms with Crippen LogP contribution >= 0.6 is 0 Å². The summed E-state index contributed by atoms with van der Waals surface area (Å²) in [6.45, 7) is 12.9. The smallest absolute Gasteiger partial charge is 0.343 e. The summed E-state index contributed by atoms with van der Waals surface area (Å²) in [5.74, 6) is -0.0825. The maximum Gasteiger partial charge on any atom is 0.343 e. The number of aryl methyl sites for hydroxylation is 2. The van der Waals surface area contributed by atoms with Gasteiger partial charge in [0, 0.05) is 22.0 Å². The molecular weight excluding hydrogens is 528 g/mol. The highest BCUT2D eigenvalue weighted by molar-refractivity contribution is 6.09. The van der Waals surface area contributed by atoms with Gasteiger partial charge in [0.25, 0.3) is 0 Å². The second-order valence-electron chi connectivity index (χ2n) is 12.4. The normalized spacial score (nSPS) is 11.7. The largest absolute Gasteiger partial charge is 0.423 e. The molecule has 0 saturated carbocycles. The lowest BCUT2D eigenvalue weighted by atomic mass is 9.77. The minimum atomic E-state index is -0.466. The fraction of sp³-hybridized carbons (Fsp3) is 0.200. The molecule has 0 radical (unpaired) electrons. The fourth-order valence-corrected chi connectivity index (χ4v) is 5.34. The summed E-state index contributed by atoms with van der Waals surface area (Å²) in [6.07, 6.45) is 0. The first-order valence-electron chi connectivity index (χ1n) is 14.7. The molecule has 0 atom stereocenters. The van der Waals surface area contributed by atoms with Crippen LogP contribution in [0.1, 0.15) is 87.4 Å². The number of ether oxygens (including phenoxy) is 1. The van der Waals surface area contributed by atoms with Crippen molar-refractivity contribution in [2.75, 3.05) is 0 Å². The van der Waals surface area contributed by atoms with Crippen LogP contribution < -0.4 is 4.74 Å². The van der Waals surface area contributed by atoms with Crippen molar-refractivity contribution >= 4 is 11.8 Å². The van der Waals surface area contributed by atoms with E-state index in [2.05, 4.69) is 90.1 Å². The zero-order valence-corrected chi connectivity index (χ0v) is 25.8. The van der Waals surface area contributed by atoms with E-state index >= 15 is 0 Å². The van der Waals surface area contributed by atoms with Crippen molar-refractivity contribution in [1.29, 1.82) is 0 Å². The first-order chi connectivity index (χ1) is 20.4. The molecule has 5 aromatic carbocycles. The van der Waals surface area contributed by atoms with E-state index in [1.54, 1.807) is 24.3 Å². The van der Waals surface area contributed by atoms with Gasteiger partial charge in [-0.3, -0.25) is 4.79 Å². The topological polar surface area (TPSA) is 43.4 Å². The molecular formula is C40H38O3. The zero-order valence-electron chi connectivity index (χ0n) is 25.8. The number of benzene rings is 5. The number of ketones is 1. The second-order valence-corrected chi connectivity index (χ2v) is 12.4. The van der Waals surface area contributed by atoms with Crippen LogP contribution in [0.4, 0.5) is 0 Å². The SMILES string of the molecule is Cc1ccc(C(C)(C)c2ccc(OC(=O)c3ccc(C(=O)c4ccc(C(C)(C)c5ccc(C)cc5)cc4)cc3)cc2)cc1. The third-order valence-corrected chi connectivity index (χ3v) is 8.58. The van der Waals surface area contributed by atoms with Crippen molar-refractivity contribution in [1.82, 2.24) is 0 Å². The molecule has 0 N–H and O–H groups in total. The molecule has 0 amide bonds. The monoisotopic (exact) mass is 566 g/mol. The summed E-state index contributed by atoms with van der Waals surface area (Å²) in [5, 5.41) is 0. The Bertz CT molecular complexity index is 1720. The first kappa shape index (κ1) is 29.7. The standard InChI is InChI=1S/C40H38O3/c1-27-7-17-32(18-8-27)39(3,4)34-21-15-30(16-22-34)37(41)29-11-13-31(14-12-29)38(42)43-36-25-23-35(24-26-36)40(5,6)33-19-9-28(2)10-20-33/h7-26H,1-6H3. The molecule has 0 bridgehead atoms. The maximum atomic E-state index is 13.2. The van der Waals surface area contributed by atoms with Gasteiger partial charge in [-0.1, -0.05) is 136 Å². The fourth-order valence-electron chi connectivity index (χ4n) is 5.34. The molecule has 0 saturated heterocycles. The van der Waals surface area contributed by atoms with Gasteiger partial charge in [-0.15, -0.1) is 0 Å². The second kappa shape index (κ2) is 11.9. The van der Waals surface area contributed by atoms with Gasteiger partial charge in [-0.25, -0.2) is 4.79 Å². The number of rotatable bonds is 8. The van der Waals surface area contributed by atoms with E-state index in [0.717, 1.165) is 11.1 Å². The van der Waals surface area contributed by atoms with E-state index in [-0.39, 0.29) is 16.6 Å². The summed E-state index contributed by atoms with van der Waals surface area (Å²) < 4.78 is 5.64. The lowest BCUT2D eigenvalue weighted by Gasteiger charge is -2.26. The Morgan fingerprint density at radius 1 is 0.442 bits per heavy atom. The summed E-state index contributed by atoms with van der Waals surface area (Å²) in [6, 6.07) is 39.2. The van der Waals surface area contributed by atoms with E-state index in [0.29, 0.717) is 22.4 Å². The summed E-state index contributed by atoms with van der Waals surface area (Å²) in [7, 11) is 0. The quantitative estimate of drug-likeness (QED) is 0.107. The Hall–Kier alpha value is -4.76. The molecule has 0 aromatic heterocycles. The Kier molecular flexibility index (Phi) is 8.19. The van der Waals surface area contributed by atoms with Gasteiger partial charge in [0.15, 0.2) is 5.78 Å². The third-order valence-electron chi connectivity index (χ3n) is 8.58. The van der Waals surface area contributed by atoms with E-state index in [1.165, 1.54) is 22.3 Å². The molecule has 0 aliphatic rings. The molecule has 0 aliphatic carbocycles. The molecule has 0 spiro atoms. The Morgan fingerprint density at radius 3 is 1.14 bits per heavy atom. The van der Waals surface area contributed by atoms with Crippen molar-refractivity contribution in [3.63, 3.8) is 0 Å². The number of esters is 1.